The van der Waals surface area contributed by atoms with Crippen molar-refractivity contribution >= 4 is 11.0 Å². The van der Waals surface area contributed by atoms with Gasteiger partial charge in [0, 0.05) is 17.8 Å². The second-order valence-electron chi connectivity index (χ2n) is 3.32. The molecule has 0 unspecified atom stereocenters. The second kappa shape index (κ2) is 3.24. The smallest absolute Gasteiger partial charge is 0.134 e. The van der Waals surface area contributed by atoms with E-state index in [4.69, 9.17) is 4.42 Å². The molecule has 0 spiro atoms. The first-order valence-corrected chi connectivity index (χ1v) is 4.73. The van der Waals surface area contributed by atoms with Crippen molar-refractivity contribution in [2.24, 2.45) is 0 Å². The zero-order valence-electron chi connectivity index (χ0n) is 7.97. The van der Waals surface area contributed by atoms with Crippen molar-refractivity contribution in [2.45, 2.75) is 0 Å². The minimum absolute atomic E-state index is 0.868. The lowest BCUT2D eigenvalue weighted by atomic mass is 10.1. The third kappa shape index (κ3) is 1.40. The highest BCUT2D eigenvalue weighted by Crippen LogP contribution is 2.23. The van der Waals surface area contributed by atoms with Gasteiger partial charge in [0.25, 0.3) is 0 Å². The molecule has 1 radical (unpaired) electrons. The maximum atomic E-state index is 5.27. The van der Waals surface area contributed by atoms with E-state index in [0.29, 0.717) is 0 Å². The number of furan rings is 1. The van der Waals surface area contributed by atoms with Crippen LogP contribution in [0, 0.1) is 6.07 Å². The summed E-state index contributed by atoms with van der Waals surface area (Å²) in [7, 11) is 0. The molecule has 3 rings (SSSR count). The third-order valence-corrected chi connectivity index (χ3v) is 2.38. The van der Waals surface area contributed by atoms with Crippen molar-refractivity contribution in [2.75, 3.05) is 0 Å². The maximum absolute atomic E-state index is 5.27. The average molecular weight is 194 g/mol. The number of hydrogen-bond donors (Lipinski definition) is 0. The summed E-state index contributed by atoms with van der Waals surface area (Å²) in [5.41, 5.74) is 3.05. The Morgan fingerprint density at radius 2 is 2.00 bits per heavy atom. The largest absolute Gasteiger partial charge is 0.464 e. The number of nitrogens with zero attached hydrogens (tertiary/aromatic N) is 1. The first-order chi connectivity index (χ1) is 7.43. The number of benzene rings is 1. The number of hydrogen-bond acceptors (Lipinski definition) is 2. The first-order valence-electron chi connectivity index (χ1n) is 4.73. The normalized spacial score (nSPS) is 10.7. The van der Waals surface area contributed by atoms with Gasteiger partial charge in [0.15, 0.2) is 0 Å². The molecule has 15 heavy (non-hydrogen) atoms. The molecule has 0 amide bonds. The highest BCUT2D eigenvalue weighted by atomic mass is 16.3. The van der Waals surface area contributed by atoms with Crippen LogP contribution in [-0.2, 0) is 0 Å². The van der Waals surface area contributed by atoms with Crippen molar-refractivity contribution in [1.82, 2.24) is 4.98 Å². The molecule has 71 valence electrons. The molecule has 2 aromatic heterocycles. The van der Waals surface area contributed by atoms with E-state index in [2.05, 4.69) is 17.1 Å². The molecule has 0 N–H and O–H groups in total. The fraction of sp³-hybridized carbons (Fsp3) is 0. The molecule has 0 aliphatic heterocycles. The number of aromatic nitrogens is 1. The Morgan fingerprint density at radius 1 is 1.13 bits per heavy atom. The molecule has 2 heteroatoms. The Hall–Kier alpha value is -2.09. The number of fused-ring (bicyclic) bond motifs is 1. The van der Waals surface area contributed by atoms with Crippen LogP contribution in [0.1, 0.15) is 0 Å². The highest BCUT2D eigenvalue weighted by molar-refractivity contribution is 5.82. The van der Waals surface area contributed by atoms with Crippen molar-refractivity contribution in [3.05, 3.63) is 55.1 Å². The summed E-state index contributed by atoms with van der Waals surface area (Å²) in [6.45, 7) is 0. The molecule has 0 fully saturated rings. The van der Waals surface area contributed by atoms with Gasteiger partial charge in [0.1, 0.15) is 5.58 Å². The minimum atomic E-state index is 0.868. The summed E-state index contributed by atoms with van der Waals surface area (Å²) in [6.07, 6.45) is 5.25. The third-order valence-electron chi connectivity index (χ3n) is 2.38. The van der Waals surface area contributed by atoms with Gasteiger partial charge in [-0.1, -0.05) is 0 Å². The van der Waals surface area contributed by atoms with E-state index in [9.17, 15) is 0 Å². The van der Waals surface area contributed by atoms with Gasteiger partial charge >= 0.3 is 0 Å². The topological polar surface area (TPSA) is 26.0 Å². The van der Waals surface area contributed by atoms with E-state index in [1.54, 1.807) is 18.7 Å². The van der Waals surface area contributed by atoms with Crippen molar-refractivity contribution in [1.29, 1.82) is 0 Å². The van der Waals surface area contributed by atoms with Crippen LogP contribution in [0.15, 0.2) is 53.4 Å². The lowest BCUT2D eigenvalue weighted by Gasteiger charge is -1.99. The standard InChI is InChI=1S/C13H8NO/c1-2-13-12(5-8-15-13)9-11(1)10-3-6-14-7-4-10/h2-9H. The van der Waals surface area contributed by atoms with Gasteiger partial charge < -0.3 is 4.42 Å². The Kier molecular flexibility index (Phi) is 1.78. The first kappa shape index (κ1) is 8.24. The molecule has 0 saturated carbocycles. The lowest BCUT2D eigenvalue weighted by Crippen LogP contribution is -1.78. The van der Waals surface area contributed by atoms with Crippen LogP contribution in [0.2, 0.25) is 0 Å². The molecule has 0 saturated heterocycles. The zero-order chi connectivity index (χ0) is 10.1. The summed E-state index contributed by atoms with van der Waals surface area (Å²) in [5, 5.41) is 1.10. The van der Waals surface area contributed by atoms with Crippen LogP contribution in [0.25, 0.3) is 22.1 Å². The quantitative estimate of drug-likeness (QED) is 0.594. The zero-order valence-corrected chi connectivity index (χ0v) is 7.97. The van der Waals surface area contributed by atoms with Gasteiger partial charge in [-0.3, -0.25) is 4.98 Å². The fourth-order valence-electron chi connectivity index (χ4n) is 1.61. The van der Waals surface area contributed by atoms with Gasteiger partial charge in [0.2, 0.25) is 0 Å². The average Bonchev–Trinajstić information content (AvgIpc) is 2.77. The molecule has 0 bridgehead atoms. The van der Waals surface area contributed by atoms with E-state index in [1.807, 2.05) is 24.3 Å². The summed E-state index contributed by atoms with van der Waals surface area (Å²) >= 11 is 0. The van der Waals surface area contributed by atoms with Gasteiger partial charge in [-0.15, -0.1) is 0 Å². The van der Waals surface area contributed by atoms with Crippen LogP contribution in [-0.4, -0.2) is 4.98 Å². The van der Waals surface area contributed by atoms with Crippen LogP contribution >= 0.6 is 0 Å². The van der Waals surface area contributed by atoms with Gasteiger partial charge in [-0.05, 0) is 47.5 Å². The molecule has 1 aromatic carbocycles. The predicted molar refractivity (Wildman–Crippen MR) is 58.3 cm³/mol. The molecular formula is C13H8NO. The molecule has 0 aliphatic carbocycles. The van der Waals surface area contributed by atoms with Gasteiger partial charge in [-0.2, -0.15) is 0 Å². The molecular weight excluding hydrogens is 186 g/mol. The van der Waals surface area contributed by atoms with E-state index < -0.39 is 0 Å². The van der Waals surface area contributed by atoms with Gasteiger partial charge in [-0.25, -0.2) is 0 Å². The minimum Gasteiger partial charge on any atom is -0.464 e. The van der Waals surface area contributed by atoms with Crippen molar-refractivity contribution in [3.63, 3.8) is 0 Å². The summed E-state index contributed by atoms with van der Waals surface area (Å²) in [6, 6.07) is 13.0. The fourth-order valence-corrected chi connectivity index (χ4v) is 1.61. The monoisotopic (exact) mass is 194 g/mol. The Bertz CT molecular complexity index is 584. The number of rotatable bonds is 1. The van der Waals surface area contributed by atoms with E-state index in [-0.39, 0.29) is 0 Å². The van der Waals surface area contributed by atoms with Crippen molar-refractivity contribution < 1.29 is 4.42 Å². The summed E-state index contributed by atoms with van der Waals surface area (Å²) in [4.78, 5) is 3.99. The van der Waals surface area contributed by atoms with Crippen LogP contribution < -0.4 is 0 Å². The van der Waals surface area contributed by atoms with Crippen LogP contribution in [0.5, 0.6) is 0 Å². The molecule has 2 nitrogen and oxygen atoms in total. The van der Waals surface area contributed by atoms with Crippen molar-refractivity contribution in [3.8, 4) is 11.1 Å². The van der Waals surface area contributed by atoms with E-state index >= 15 is 0 Å². The Labute approximate surface area is 87.2 Å². The molecule has 3 aromatic rings. The summed E-state index contributed by atoms with van der Waals surface area (Å²) < 4.78 is 5.27. The maximum Gasteiger partial charge on any atom is 0.134 e. The molecule has 2 heterocycles. The van der Waals surface area contributed by atoms with Gasteiger partial charge in [0.05, 0.1) is 6.26 Å². The lowest BCUT2D eigenvalue weighted by molar-refractivity contribution is 0.616. The molecule has 0 aliphatic rings. The molecule has 0 atom stereocenters. The van der Waals surface area contributed by atoms with E-state index in [0.717, 1.165) is 22.1 Å². The SMILES string of the molecule is [c]1cc2occc2cc1-c1ccncc1. The highest BCUT2D eigenvalue weighted by Gasteiger charge is 2.00. The Morgan fingerprint density at radius 3 is 2.87 bits per heavy atom. The number of pyridine rings is 1. The summed E-state index contributed by atoms with van der Waals surface area (Å²) in [5.74, 6) is 0. The van der Waals surface area contributed by atoms with Crippen LogP contribution in [0.3, 0.4) is 0 Å². The predicted octanol–water partition coefficient (Wildman–Crippen LogP) is 3.29. The van der Waals surface area contributed by atoms with E-state index in [1.165, 1.54) is 0 Å². The van der Waals surface area contributed by atoms with Crippen LogP contribution in [0.4, 0.5) is 0 Å². The second-order valence-corrected chi connectivity index (χ2v) is 3.32. The Balaban J connectivity index is 2.19.